The van der Waals surface area contributed by atoms with Crippen LogP contribution in [0.4, 0.5) is 32.2 Å². The number of nitrogens with one attached hydrogen (secondary N) is 1. The SMILES string of the molecule is Nc1ccc(CC(C(=O)O)c2cn(CC(=O)NC(c3ccccc3)c3ccccc3)cn2)cn1.O=C(O)C(F)(F)F.O=C(O)C(F)(F)F. The molecule has 4 rings (SSSR count). The van der Waals surface area contributed by atoms with Crippen LogP contribution in [0.25, 0.3) is 0 Å². The van der Waals surface area contributed by atoms with Crippen LogP contribution in [0, 0.1) is 0 Å². The van der Waals surface area contributed by atoms with E-state index in [-0.39, 0.29) is 24.9 Å². The Kier molecular flexibility index (Phi) is 13.6. The number of amides is 1. The van der Waals surface area contributed by atoms with E-state index in [1.165, 1.54) is 6.33 Å². The van der Waals surface area contributed by atoms with Crippen molar-refractivity contribution in [2.24, 2.45) is 0 Å². The highest BCUT2D eigenvalue weighted by molar-refractivity contribution is 5.77. The number of hydrogen-bond donors (Lipinski definition) is 5. The van der Waals surface area contributed by atoms with Crippen LogP contribution in [-0.4, -0.2) is 66.0 Å². The summed E-state index contributed by atoms with van der Waals surface area (Å²) in [5.74, 6) is -7.22. The van der Waals surface area contributed by atoms with Gasteiger partial charge < -0.3 is 30.9 Å². The highest BCUT2D eigenvalue weighted by Crippen LogP contribution is 2.23. The maximum absolute atomic E-state index is 12.9. The van der Waals surface area contributed by atoms with E-state index in [4.69, 9.17) is 25.5 Å². The Morgan fingerprint density at radius 1 is 0.771 bits per heavy atom. The number of nitrogens with two attached hydrogens (primary N) is 1. The Bertz CT molecular complexity index is 1590. The first kappa shape index (κ1) is 38.2. The summed E-state index contributed by atoms with van der Waals surface area (Å²) in [7, 11) is 0. The number of carboxylic acid groups (broad SMARTS) is 3. The minimum absolute atomic E-state index is 0.0128. The third-order valence-electron chi connectivity index (χ3n) is 5.98. The van der Waals surface area contributed by atoms with Crippen LogP contribution >= 0.6 is 0 Å². The number of imidazole rings is 1. The molecule has 0 spiro atoms. The number of carboxylic acids is 3. The van der Waals surface area contributed by atoms with Gasteiger partial charge in [-0.05, 0) is 29.2 Å². The molecule has 2 heterocycles. The van der Waals surface area contributed by atoms with Crippen LogP contribution in [-0.2, 0) is 32.1 Å². The van der Waals surface area contributed by atoms with Gasteiger partial charge in [-0.2, -0.15) is 26.3 Å². The number of alkyl halides is 6. The summed E-state index contributed by atoms with van der Waals surface area (Å²) in [4.78, 5) is 50.9. The van der Waals surface area contributed by atoms with Crippen LogP contribution in [0.1, 0.15) is 34.3 Å². The Balaban J connectivity index is 0.000000479. The van der Waals surface area contributed by atoms with Crippen LogP contribution in [0.3, 0.4) is 0 Å². The lowest BCUT2D eigenvalue weighted by atomic mass is 9.98. The van der Waals surface area contributed by atoms with Crippen LogP contribution in [0.15, 0.2) is 91.5 Å². The summed E-state index contributed by atoms with van der Waals surface area (Å²) in [6, 6.07) is 22.5. The molecule has 0 aliphatic rings. The molecule has 18 heteroatoms. The van der Waals surface area contributed by atoms with Gasteiger partial charge in [0.05, 0.1) is 18.1 Å². The average Bonchev–Trinajstić information content (AvgIpc) is 3.47. The lowest BCUT2D eigenvalue weighted by molar-refractivity contribution is -0.193. The highest BCUT2D eigenvalue weighted by Gasteiger charge is 2.38. The maximum atomic E-state index is 12.9. The molecule has 256 valence electrons. The van der Waals surface area contributed by atoms with Crippen molar-refractivity contribution in [2.75, 3.05) is 5.73 Å². The molecule has 0 aliphatic heterocycles. The molecule has 2 aromatic heterocycles. The summed E-state index contributed by atoms with van der Waals surface area (Å²) >= 11 is 0. The van der Waals surface area contributed by atoms with Gasteiger partial charge in [0.1, 0.15) is 18.3 Å². The summed E-state index contributed by atoms with van der Waals surface area (Å²) in [5, 5.41) is 27.1. The number of anilines is 1. The molecule has 0 fully saturated rings. The predicted octanol–water partition coefficient (Wildman–Crippen LogP) is 4.44. The van der Waals surface area contributed by atoms with E-state index in [1.807, 2.05) is 60.7 Å². The van der Waals surface area contributed by atoms with E-state index in [9.17, 15) is 41.0 Å². The lowest BCUT2D eigenvalue weighted by Crippen LogP contribution is -2.32. The standard InChI is InChI=1S/C26H25N5O3.2C2HF3O2/c27-23-12-11-18(14-28-23)13-21(26(33)34)22-15-31(17-29-22)16-24(32)30-25(19-7-3-1-4-8-19)20-9-5-2-6-10-20;2*3-2(4,5)1(6)7/h1-12,14-15,17,21,25H,13,16H2,(H2,27,28)(H,30,32)(H,33,34);2*(H,6,7). The largest absolute Gasteiger partial charge is 0.490 e. The second-order valence-electron chi connectivity index (χ2n) is 9.58. The third kappa shape index (κ3) is 12.8. The number of carbonyl (C=O) groups is 4. The smallest absolute Gasteiger partial charge is 0.481 e. The summed E-state index contributed by atoms with van der Waals surface area (Å²) in [6.45, 7) is 0.0128. The van der Waals surface area contributed by atoms with Gasteiger partial charge in [0.2, 0.25) is 5.91 Å². The van der Waals surface area contributed by atoms with E-state index in [0.29, 0.717) is 11.5 Å². The van der Waals surface area contributed by atoms with Crippen molar-refractivity contribution in [3.05, 3.63) is 114 Å². The molecule has 1 amide bonds. The number of rotatable bonds is 9. The van der Waals surface area contributed by atoms with Crippen molar-refractivity contribution in [3.8, 4) is 0 Å². The summed E-state index contributed by atoms with van der Waals surface area (Å²) < 4.78 is 65.1. The van der Waals surface area contributed by atoms with Crippen molar-refractivity contribution in [1.29, 1.82) is 0 Å². The summed E-state index contributed by atoms with van der Waals surface area (Å²) in [5.41, 5.74) is 8.66. The molecule has 0 saturated heterocycles. The lowest BCUT2D eigenvalue weighted by Gasteiger charge is -2.20. The van der Waals surface area contributed by atoms with Gasteiger partial charge in [0.25, 0.3) is 0 Å². The van der Waals surface area contributed by atoms with E-state index in [1.54, 1.807) is 29.1 Å². The van der Waals surface area contributed by atoms with Crippen molar-refractivity contribution in [2.45, 2.75) is 37.3 Å². The minimum Gasteiger partial charge on any atom is -0.481 e. The van der Waals surface area contributed by atoms with Crippen LogP contribution in [0.2, 0.25) is 0 Å². The first-order chi connectivity index (χ1) is 22.4. The number of halogens is 6. The van der Waals surface area contributed by atoms with E-state index in [0.717, 1.165) is 16.7 Å². The third-order valence-corrected chi connectivity index (χ3v) is 5.98. The van der Waals surface area contributed by atoms with Gasteiger partial charge in [0.15, 0.2) is 0 Å². The van der Waals surface area contributed by atoms with Gasteiger partial charge in [-0.3, -0.25) is 9.59 Å². The second kappa shape index (κ2) is 17.1. The van der Waals surface area contributed by atoms with E-state index < -0.39 is 36.2 Å². The van der Waals surface area contributed by atoms with Gasteiger partial charge >= 0.3 is 30.3 Å². The van der Waals surface area contributed by atoms with Gasteiger partial charge in [-0.25, -0.2) is 19.6 Å². The number of aromatic nitrogens is 3. The monoisotopic (exact) mass is 683 g/mol. The Morgan fingerprint density at radius 2 is 1.25 bits per heavy atom. The van der Waals surface area contributed by atoms with E-state index in [2.05, 4.69) is 15.3 Å². The molecule has 1 atom stereocenters. The molecule has 48 heavy (non-hydrogen) atoms. The van der Waals surface area contributed by atoms with Gasteiger partial charge in [-0.1, -0.05) is 66.7 Å². The number of nitrogen functional groups attached to an aromatic ring is 1. The Morgan fingerprint density at radius 3 is 1.65 bits per heavy atom. The number of aliphatic carboxylic acids is 3. The van der Waals surface area contributed by atoms with Crippen molar-refractivity contribution < 1.29 is 60.8 Å². The molecule has 0 bridgehead atoms. The number of nitrogens with zero attached hydrogens (tertiary/aromatic N) is 3. The molecular weight excluding hydrogens is 656 g/mol. The Labute approximate surface area is 267 Å². The zero-order valence-electron chi connectivity index (χ0n) is 24.4. The van der Waals surface area contributed by atoms with Crippen molar-refractivity contribution >= 4 is 29.6 Å². The summed E-state index contributed by atoms with van der Waals surface area (Å²) in [6.07, 6.45) is -5.31. The van der Waals surface area contributed by atoms with Crippen LogP contribution in [0.5, 0.6) is 0 Å². The highest BCUT2D eigenvalue weighted by atomic mass is 19.4. The zero-order chi connectivity index (χ0) is 36.1. The quantitative estimate of drug-likeness (QED) is 0.157. The topological polar surface area (TPSA) is 198 Å². The molecule has 1 unspecified atom stereocenters. The molecule has 2 aromatic carbocycles. The predicted molar refractivity (Wildman–Crippen MR) is 155 cm³/mol. The van der Waals surface area contributed by atoms with Crippen LogP contribution < -0.4 is 11.1 Å². The van der Waals surface area contributed by atoms with E-state index >= 15 is 0 Å². The Hall–Kier alpha value is -5.94. The molecule has 4 aromatic rings. The number of hydrogen-bond acceptors (Lipinski definition) is 7. The fourth-order valence-electron chi connectivity index (χ4n) is 3.78. The number of benzene rings is 2. The number of carbonyl (C=O) groups excluding carboxylic acids is 1. The van der Waals surface area contributed by atoms with Gasteiger partial charge in [-0.15, -0.1) is 0 Å². The fourth-order valence-corrected chi connectivity index (χ4v) is 3.78. The molecule has 0 radical (unpaired) electrons. The molecule has 6 N–H and O–H groups in total. The molecule has 0 aliphatic carbocycles. The first-order valence-corrected chi connectivity index (χ1v) is 13.3. The van der Waals surface area contributed by atoms with Crippen molar-refractivity contribution in [3.63, 3.8) is 0 Å². The molecule has 12 nitrogen and oxygen atoms in total. The number of pyridine rings is 1. The fraction of sp³-hybridized carbons (Fsp3) is 0.200. The average molecular weight is 684 g/mol. The molecule has 0 saturated carbocycles. The van der Waals surface area contributed by atoms with Gasteiger partial charge in [0, 0.05) is 12.4 Å². The minimum atomic E-state index is -5.08. The maximum Gasteiger partial charge on any atom is 0.490 e. The zero-order valence-corrected chi connectivity index (χ0v) is 24.4. The first-order valence-electron chi connectivity index (χ1n) is 13.3. The van der Waals surface area contributed by atoms with Crippen molar-refractivity contribution in [1.82, 2.24) is 19.9 Å². The molecular formula is C30H27F6N5O7. The normalized spacial score (nSPS) is 11.6. The second-order valence-corrected chi connectivity index (χ2v) is 9.58.